The minimum Gasteiger partial charge on any atom is -0.474 e. The zero-order valence-corrected chi connectivity index (χ0v) is 13.1. The fourth-order valence-corrected chi connectivity index (χ4v) is 3.17. The van der Waals surface area contributed by atoms with Gasteiger partial charge in [-0.2, -0.15) is 4.98 Å². The van der Waals surface area contributed by atoms with Gasteiger partial charge in [-0.3, -0.25) is 0 Å². The fraction of sp³-hybridized carbons (Fsp3) is 0.750. The first kappa shape index (κ1) is 14.1. The van der Waals surface area contributed by atoms with Gasteiger partial charge in [-0.05, 0) is 44.9 Å². The Bertz CT molecular complexity index is 488. The Morgan fingerprint density at radius 1 is 1.20 bits per heavy atom. The lowest BCUT2D eigenvalue weighted by Crippen LogP contribution is -2.26. The Kier molecular flexibility index (Phi) is 4.16. The van der Waals surface area contributed by atoms with Crippen molar-refractivity contribution < 1.29 is 4.74 Å². The standard InChI is InChI=1S/C16H23ClN2O/c1-3-11-5-4-6-13(9-11)20-16-10(2)14(17)18-15(19-16)12-7-8-12/h11-13H,3-9H2,1-2H3. The van der Waals surface area contributed by atoms with Crippen LogP contribution in [0.3, 0.4) is 0 Å². The topological polar surface area (TPSA) is 35.0 Å². The summed E-state index contributed by atoms with van der Waals surface area (Å²) in [5, 5.41) is 0.555. The van der Waals surface area contributed by atoms with Crippen molar-refractivity contribution in [1.82, 2.24) is 9.97 Å². The van der Waals surface area contributed by atoms with Crippen LogP contribution in [0.15, 0.2) is 0 Å². The van der Waals surface area contributed by atoms with Crippen LogP contribution in [0.2, 0.25) is 5.15 Å². The van der Waals surface area contributed by atoms with Crippen LogP contribution in [0.1, 0.15) is 69.2 Å². The molecule has 2 unspecified atom stereocenters. The zero-order valence-electron chi connectivity index (χ0n) is 12.4. The molecule has 3 rings (SSSR count). The van der Waals surface area contributed by atoms with Gasteiger partial charge in [0.1, 0.15) is 17.1 Å². The molecular formula is C16H23ClN2O. The van der Waals surface area contributed by atoms with Crippen LogP contribution in [0.5, 0.6) is 5.88 Å². The molecule has 0 aliphatic heterocycles. The van der Waals surface area contributed by atoms with Crippen molar-refractivity contribution in [2.24, 2.45) is 5.92 Å². The molecule has 0 aromatic carbocycles. The van der Waals surface area contributed by atoms with Gasteiger partial charge in [0.05, 0.1) is 0 Å². The molecule has 0 saturated heterocycles. The van der Waals surface area contributed by atoms with Crippen molar-refractivity contribution in [3.8, 4) is 5.88 Å². The summed E-state index contributed by atoms with van der Waals surface area (Å²) in [6.07, 6.45) is 8.79. The fourth-order valence-electron chi connectivity index (χ4n) is 3.00. The van der Waals surface area contributed by atoms with Crippen molar-refractivity contribution in [3.63, 3.8) is 0 Å². The molecular weight excluding hydrogens is 272 g/mol. The van der Waals surface area contributed by atoms with Gasteiger partial charge >= 0.3 is 0 Å². The Balaban J connectivity index is 1.75. The first-order chi connectivity index (χ1) is 9.67. The van der Waals surface area contributed by atoms with Crippen molar-refractivity contribution >= 4 is 11.6 Å². The molecule has 2 aliphatic rings. The summed E-state index contributed by atoms with van der Waals surface area (Å²) < 4.78 is 6.18. The highest BCUT2D eigenvalue weighted by atomic mass is 35.5. The Morgan fingerprint density at radius 2 is 2.00 bits per heavy atom. The monoisotopic (exact) mass is 294 g/mol. The summed E-state index contributed by atoms with van der Waals surface area (Å²) in [5.41, 5.74) is 0.884. The van der Waals surface area contributed by atoms with E-state index in [1.807, 2.05) is 6.92 Å². The van der Waals surface area contributed by atoms with Crippen molar-refractivity contribution in [2.45, 2.75) is 70.8 Å². The van der Waals surface area contributed by atoms with Crippen LogP contribution in [0.4, 0.5) is 0 Å². The number of nitrogens with zero attached hydrogens (tertiary/aromatic N) is 2. The van der Waals surface area contributed by atoms with Crippen LogP contribution in [-0.4, -0.2) is 16.1 Å². The summed E-state index contributed by atoms with van der Waals surface area (Å²) in [5.74, 6) is 2.89. The molecule has 110 valence electrons. The average molecular weight is 295 g/mol. The number of hydrogen-bond acceptors (Lipinski definition) is 3. The van der Waals surface area contributed by atoms with Crippen molar-refractivity contribution in [3.05, 3.63) is 16.5 Å². The number of halogens is 1. The largest absolute Gasteiger partial charge is 0.474 e. The quantitative estimate of drug-likeness (QED) is 0.757. The predicted molar refractivity (Wildman–Crippen MR) is 80.4 cm³/mol. The van der Waals surface area contributed by atoms with Crippen LogP contribution < -0.4 is 4.74 Å². The number of hydrogen-bond donors (Lipinski definition) is 0. The molecule has 0 bridgehead atoms. The van der Waals surface area contributed by atoms with Gasteiger partial charge in [-0.1, -0.05) is 31.4 Å². The van der Waals surface area contributed by atoms with E-state index in [1.54, 1.807) is 0 Å². The first-order valence-electron chi connectivity index (χ1n) is 7.88. The van der Waals surface area contributed by atoms with Crippen LogP contribution >= 0.6 is 11.6 Å². The molecule has 20 heavy (non-hydrogen) atoms. The van der Waals surface area contributed by atoms with E-state index in [1.165, 1.54) is 32.1 Å². The highest BCUT2D eigenvalue weighted by Crippen LogP contribution is 2.40. The third-order valence-corrected chi connectivity index (χ3v) is 4.96. The first-order valence-corrected chi connectivity index (χ1v) is 8.25. The van der Waals surface area contributed by atoms with Gasteiger partial charge in [-0.15, -0.1) is 0 Å². The maximum absolute atomic E-state index is 6.23. The maximum Gasteiger partial charge on any atom is 0.221 e. The van der Waals surface area contributed by atoms with Gasteiger partial charge < -0.3 is 4.74 Å². The molecule has 1 aromatic heterocycles. The lowest BCUT2D eigenvalue weighted by atomic mass is 9.85. The summed E-state index contributed by atoms with van der Waals surface area (Å²) >= 11 is 6.23. The molecule has 0 N–H and O–H groups in total. The lowest BCUT2D eigenvalue weighted by Gasteiger charge is -2.29. The van der Waals surface area contributed by atoms with Gasteiger partial charge in [0.2, 0.25) is 5.88 Å². The highest BCUT2D eigenvalue weighted by molar-refractivity contribution is 6.30. The van der Waals surface area contributed by atoms with E-state index in [4.69, 9.17) is 16.3 Å². The summed E-state index contributed by atoms with van der Waals surface area (Å²) in [6.45, 7) is 4.22. The Hall–Kier alpha value is -0.830. The van der Waals surface area contributed by atoms with Crippen LogP contribution in [0, 0.1) is 12.8 Å². The predicted octanol–water partition coefficient (Wildman–Crippen LogP) is 4.66. The molecule has 4 heteroatoms. The Morgan fingerprint density at radius 3 is 2.70 bits per heavy atom. The average Bonchev–Trinajstić information content (AvgIpc) is 3.28. The second-order valence-electron chi connectivity index (χ2n) is 6.26. The molecule has 0 radical (unpaired) electrons. The third kappa shape index (κ3) is 3.08. The summed E-state index contributed by atoms with van der Waals surface area (Å²) in [7, 11) is 0. The number of ether oxygens (including phenoxy) is 1. The number of rotatable bonds is 4. The molecule has 2 atom stereocenters. The molecule has 0 spiro atoms. The molecule has 3 nitrogen and oxygen atoms in total. The van der Waals surface area contributed by atoms with E-state index in [2.05, 4.69) is 16.9 Å². The van der Waals surface area contributed by atoms with E-state index >= 15 is 0 Å². The zero-order chi connectivity index (χ0) is 14.1. The van der Waals surface area contributed by atoms with E-state index in [0.29, 0.717) is 23.1 Å². The normalized spacial score (nSPS) is 26.6. The van der Waals surface area contributed by atoms with Gasteiger partial charge in [-0.25, -0.2) is 4.98 Å². The Labute approximate surface area is 126 Å². The molecule has 2 aliphatic carbocycles. The van der Waals surface area contributed by atoms with Crippen LogP contribution in [-0.2, 0) is 0 Å². The molecule has 2 saturated carbocycles. The van der Waals surface area contributed by atoms with Gasteiger partial charge in [0, 0.05) is 11.5 Å². The highest BCUT2D eigenvalue weighted by Gasteiger charge is 2.29. The summed E-state index contributed by atoms with van der Waals surface area (Å²) in [4.78, 5) is 9.02. The smallest absolute Gasteiger partial charge is 0.221 e. The van der Waals surface area contributed by atoms with E-state index in [0.717, 1.165) is 30.1 Å². The third-order valence-electron chi connectivity index (χ3n) is 4.59. The van der Waals surface area contributed by atoms with Crippen molar-refractivity contribution in [1.29, 1.82) is 0 Å². The van der Waals surface area contributed by atoms with Crippen molar-refractivity contribution in [2.75, 3.05) is 0 Å². The number of aromatic nitrogens is 2. The molecule has 1 heterocycles. The second kappa shape index (κ2) is 5.88. The van der Waals surface area contributed by atoms with E-state index in [9.17, 15) is 0 Å². The molecule has 0 amide bonds. The molecule has 2 fully saturated rings. The molecule has 1 aromatic rings. The lowest BCUT2D eigenvalue weighted by molar-refractivity contribution is 0.116. The van der Waals surface area contributed by atoms with E-state index < -0.39 is 0 Å². The SMILES string of the molecule is CCC1CCCC(Oc2nc(C3CC3)nc(Cl)c2C)C1. The minimum absolute atomic E-state index is 0.297. The van der Waals surface area contributed by atoms with E-state index in [-0.39, 0.29) is 0 Å². The maximum atomic E-state index is 6.23. The summed E-state index contributed by atoms with van der Waals surface area (Å²) in [6, 6.07) is 0. The van der Waals surface area contributed by atoms with Gasteiger partial charge in [0.25, 0.3) is 0 Å². The van der Waals surface area contributed by atoms with Crippen LogP contribution in [0.25, 0.3) is 0 Å². The second-order valence-corrected chi connectivity index (χ2v) is 6.62. The van der Waals surface area contributed by atoms with Gasteiger partial charge in [0.15, 0.2) is 0 Å². The minimum atomic E-state index is 0.297.